The average molecular weight is 433 g/mol. The first-order valence-electron chi connectivity index (χ1n) is 10.1. The van der Waals surface area contributed by atoms with Crippen LogP contribution in [0.2, 0.25) is 0 Å². The van der Waals surface area contributed by atoms with Gasteiger partial charge in [-0.25, -0.2) is 19.0 Å². The first-order chi connectivity index (χ1) is 15.4. The molecule has 3 amide bonds. The van der Waals surface area contributed by atoms with Gasteiger partial charge in [0.2, 0.25) is 0 Å². The number of pyridine rings is 1. The molecule has 1 heterocycles. The third-order valence-corrected chi connectivity index (χ3v) is 5.18. The van der Waals surface area contributed by atoms with Crippen molar-refractivity contribution in [3.05, 3.63) is 76.7 Å². The number of carbonyl (C=O) groups is 3. The van der Waals surface area contributed by atoms with Gasteiger partial charge in [0.05, 0.1) is 16.8 Å². The smallest absolute Gasteiger partial charge is 0.339 e. The number of amides is 3. The largest absolute Gasteiger partial charge is 0.452 e. The SMILES string of the molecule is NC(=O)NC(=O)COC(=O)c1c2c(nc3ccccc13)C(=Cc1ccc(F)cc1)CCC2. The van der Waals surface area contributed by atoms with Gasteiger partial charge in [-0.2, -0.15) is 0 Å². The Morgan fingerprint density at radius 1 is 1.09 bits per heavy atom. The molecule has 0 saturated heterocycles. The van der Waals surface area contributed by atoms with E-state index in [1.807, 2.05) is 17.5 Å². The first kappa shape index (κ1) is 21.2. The molecule has 0 spiro atoms. The maximum atomic E-state index is 13.3. The number of benzene rings is 2. The Labute approximate surface area is 183 Å². The van der Waals surface area contributed by atoms with E-state index in [2.05, 4.69) is 0 Å². The van der Waals surface area contributed by atoms with Gasteiger partial charge in [-0.05, 0) is 60.2 Å². The van der Waals surface area contributed by atoms with Gasteiger partial charge in [0.25, 0.3) is 5.91 Å². The van der Waals surface area contributed by atoms with Gasteiger partial charge in [0.15, 0.2) is 6.61 Å². The number of urea groups is 1. The van der Waals surface area contributed by atoms with E-state index >= 15 is 0 Å². The van der Waals surface area contributed by atoms with Crippen LogP contribution in [0, 0.1) is 5.82 Å². The van der Waals surface area contributed by atoms with E-state index in [-0.39, 0.29) is 5.82 Å². The Morgan fingerprint density at radius 2 is 1.84 bits per heavy atom. The number of nitrogens with zero attached hydrogens (tertiary/aromatic N) is 1. The summed E-state index contributed by atoms with van der Waals surface area (Å²) >= 11 is 0. The molecule has 2 aromatic carbocycles. The molecule has 0 atom stereocenters. The van der Waals surface area contributed by atoms with Crippen molar-refractivity contribution in [1.82, 2.24) is 10.3 Å². The topological polar surface area (TPSA) is 111 Å². The number of hydrogen-bond acceptors (Lipinski definition) is 5. The summed E-state index contributed by atoms with van der Waals surface area (Å²) in [6, 6.07) is 12.3. The zero-order valence-electron chi connectivity index (χ0n) is 17.1. The van der Waals surface area contributed by atoms with Crippen molar-refractivity contribution in [2.75, 3.05) is 6.61 Å². The third-order valence-electron chi connectivity index (χ3n) is 5.18. The maximum Gasteiger partial charge on any atom is 0.339 e. The fourth-order valence-corrected chi connectivity index (χ4v) is 3.85. The number of aromatic nitrogens is 1. The molecule has 0 bridgehead atoms. The van der Waals surface area contributed by atoms with Crippen molar-refractivity contribution in [1.29, 1.82) is 0 Å². The first-order valence-corrected chi connectivity index (χ1v) is 10.1. The molecule has 0 unspecified atom stereocenters. The lowest BCUT2D eigenvalue weighted by molar-refractivity contribution is -0.123. The summed E-state index contributed by atoms with van der Waals surface area (Å²) < 4.78 is 18.5. The molecule has 1 aliphatic rings. The lowest BCUT2D eigenvalue weighted by atomic mass is 9.86. The lowest BCUT2D eigenvalue weighted by Gasteiger charge is -2.22. The number of imide groups is 1. The predicted molar refractivity (Wildman–Crippen MR) is 117 cm³/mol. The second-order valence-corrected chi connectivity index (χ2v) is 7.39. The number of para-hydroxylation sites is 1. The molecule has 0 aliphatic heterocycles. The van der Waals surface area contributed by atoms with Crippen LogP contribution in [0.4, 0.5) is 9.18 Å². The third kappa shape index (κ3) is 4.49. The minimum Gasteiger partial charge on any atom is -0.452 e. The van der Waals surface area contributed by atoms with Gasteiger partial charge in [0.1, 0.15) is 5.82 Å². The minimum atomic E-state index is -1.02. The fraction of sp³-hybridized carbons (Fsp3) is 0.167. The number of primary amides is 1. The van der Waals surface area contributed by atoms with E-state index in [4.69, 9.17) is 15.5 Å². The zero-order valence-corrected chi connectivity index (χ0v) is 17.1. The Bertz CT molecular complexity index is 1250. The van der Waals surface area contributed by atoms with E-state index in [0.717, 1.165) is 29.5 Å². The molecule has 162 valence electrons. The fourth-order valence-electron chi connectivity index (χ4n) is 3.85. The predicted octanol–water partition coefficient (Wildman–Crippen LogP) is 3.60. The standard InChI is InChI=1S/C24H20FN3O4/c25-16-10-8-14(9-11-16)12-15-4-3-6-18-21(23(30)32-13-20(29)28-24(26)31)17-5-1-2-7-19(17)27-22(15)18/h1-2,5,7-12H,3-4,6,13H2,(H3,26,28,29,31). The van der Waals surface area contributed by atoms with Crippen molar-refractivity contribution in [3.8, 4) is 0 Å². The maximum absolute atomic E-state index is 13.3. The molecular weight excluding hydrogens is 413 g/mol. The van der Waals surface area contributed by atoms with E-state index < -0.39 is 24.5 Å². The summed E-state index contributed by atoms with van der Waals surface area (Å²) in [6.45, 7) is -0.633. The second kappa shape index (κ2) is 8.97. The van der Waals surface area contributed by atoms with Crippen LogP contribution in [0.1, 0.15) is 40.0 Å². The van der Waals surface area contributed by atoms with Crippen LogP contribution in [0.25, 0.3) is 22.6 Å². The van der Waals surface area contributed by atoms with Crippen molar-refractivity contribution in [2.45, 2.75) is 19.3 Å². The molecule has 8 heteroatoms. The number of nitrogens with one attached hydrogen (secondary N) is 1. The van der Waals surface area contributed by atoms with E-state index in [0.29, 0.717) is 28.6 Å². The van der Waals surface area contributed by atoms with Crippen LogP contribution < -0.4 is 11.1 Å². The summed E-state index contributed by atoms with van der Waals surface area (Å²) in [7, 11) is 0. The Morgan fingerprint density at radius 3 is 2.59 bits per heavy atom. The van der Waals surface area contributed by atoms with Crippen molar-refractivity contribution < 1.29 is 23.5 Å². The van der Waals surface area contributed by atoms with Crippen LogP contribution in [0.15, 0.2) is 48.5 Å². The number of halogens is 1. The Hall–Kier alpha value is -4.07. The summed E-state index contributed by atoms with van der Waals surface area (Å²) in [6.07, 6.45) is 4.11. The van der Waals surface area contributed by atoms with Crippen LogP contribution in [-0.2, 0) is 16.0 Å². The highest BCUT2D eigenvalue weighted by Gasteiger charge is 2.26. The second-order valence-electron chi connectivity index (χ2n) is 7.39. The van der Waals surface area contributed by atoms with Gasteiger partial charge in [-0.1, -0.05) is 30.3 Å². The van der Waals surface area contributed by atoms with Crippen molar-refractivity contribution in [3.63, 3.8) is 0 Å². The zero-order chi connectivity index (χ0) is 22.7. The molecule has 1 aromatic heterocycles. The Kier molecular flexibility index (Phi) is 5.93. The monoisotopic (exact) mass is 433 g/mol. The number of esters is 1. The van der Waals surface area contributed by atoms with E-state index in [1.165, 1.54) is 12.1 Å². The Balaban J connectivity index is 1.76. The molecular formula is C24H20FN3O4. The van der Waals surface area contributed by atoms with Gasteiger partial charge in [0, 0.05) is 5.39 Å². The van der Waals surface area contributed by atoms with Crippen LogP contribution in [-0.4, -0.2) is 29.5 Å². The van der Waals surface area contributed by atoms with Gasteiger partial charge >= 0.3 is 12.0 Å². The number of rotatable bonds is 4. The van der Waals surface area contributed by atoms with Crippen molar-refractivity contribution >= 4 is 40.5 Å². The molecule has 0 radical (unpaired) electrons. The molecule has 3 aromatic rings. The average Bonchev–Trinajstić information content (AvgIpc) is 2.77. The highest BCUT2D eigenvalue weighted by molar-refractivity contribution is 6.07. The molecule has 1 aliphatic carbocycles. The van der Waals surface area contributed by atoms with E-state index in [1.54, 1.807) is 30.3 Å². The molecule has 32 heavy (non-hydrogen) atoms. The number of allylic oxidation sites excluding steroid dienone is 1. The van der Waals surface area contributed by atoms with Gasteiger partial charge < -0.3 is 10.5 Å². The molecule has 0 fully saturated rings. The van der Waals surface area contributed by atoms with Crippen LogP contribution >= 0.6 is 0 Å². The van der Waals surface area contributed by atoms with Crippen LogP contribution in [0.5, 0.6) is 0 Å². The number of fused-ring (bicyclic) bond motifs is 2. The highest BCUT2D eigenvalue weighted by atomic mass is 19.1. The molecule has 4 rings (SSSR count). The summed E-state index contributed by atoms with van der Waals surface area (Å²) in [4.78, 5) is 40.3. The number of hydrogen-bond donors (Lipinski definition) is 2. The molecule has 7 nitrogen and oxygen atoms in total. The lowest BCUT2D eigenvalue weighted by Crippen LogP contribution is -2.37. The van der Waals surface area contributed by atoms with Gasteiger partial charge in [-0.3, -0.25) is 10.1 Å². The number of ether oxygens (including phenoxy) is 1. The van der Waals surface area contributed by atoms with Crippen LogP contribution in [0.3, 0.4) is 0 Å². The summed E-state index contributed by atoms with van der Waals surface area (Å²) in [5.41, 5.74) is 9.07. The number of carbonyl (C=O) groups excluding carboxylic acids is 3. The van der Waals surface area contributed by atoms with Gasteiger partial charge in [-0.15, -0.1) is 0 Å². The number of nitrogens with two attached hydrogens (primary N) is 1. The minimum absolute atomic E-state index is 0.314. The highest BCUT2D eigenvalue weighted by Crippen LogP contribution is 2.36. The molecule has 3 N–H and O–H groups in total. The quantitative estimate of drug-likeness (QED) is 0.611. The van der Waals surface area contributed by atoms with E-state index in [9.17, 15) is 18.8 Å². The summed E-state index contributed by atoms with van der Waals surface area (Å²) in [5, 5.41) is 2.48. The molecule has 0 saturated carbocycles. The van der Waals surface area contributed by atoms with Crippen molar-refractivity contribution in [2.24, 2.45) is 5.73 Å². The normalized spacial score (nSPS) is 14.1. The summed E-state index contributed by atoms with van der Waals surface area (Å²) in [5.74, 6) is -1.80.